The Hall–Kier alpha value is -2.15. The largest absolute Gasteiger partial charge is 0.322 e. The van der Waals surface area contributed by atoms with Gasteiger partial charge in [-0.25, -0.2) is 0 Å². The van der Waals surface area contributed by atoms with E-state index in [0.717, 1.165) is 23.6 Å². The van der Waals surface area contributed by atoms with E-state index in [1.54, 1.807) is 10.9 Å². The van der Waals surface area contributed by atoms with Gasteiger partial charge in [-0.1, -0.05) is 0 Å². The molecule has 0 saturated heterocycles. The fourth-order valence-corrected chi connectivity index (χ4v) is 2.43. The van der Waals surface area contributed by atoms with Gasteiger partial charge in [-0.15, -0.1) is 0 Å². The van der Waals surface area contributed by atoms with Gasteiger partial charge >= 0.3 is 0 Å². The van der Waals surface area contributed by atoms with Gasteiger partial charge in [-0.2, -0.15) is 10.2 Å². The number of anilines is 1. The van der Waals surface area contributed by atoms with Crippen LogP contribution in [0, 0.1) is 13.8 Å². The van der Waals surface area contributed by atoms with Gasteiger partial charge in [0.05, 0.1) is 29.7 Å². The number of hydrogen-bond acceptors (Lipinski definition) is 4. The molecule has 2 atom stereocenters. The summed E-state index contributed by atoms with van der Waals surface area (Å²) >= 11 is 0. The first-order valence-electron chi connectivity index (χ1n) is 7.43. The van der Waals surface area contributed by atoms with E-state index in [0.29, 0.717) is 0 Å². The first kappa shape index (κ1) is 16.2. The van der Waals surface area contributed by atoms with Crippen LogP contribution in [-0.4, -0.2) is 37.6 Å². The Morgan fingerprint density at radius 1 is 1.36 bits per heavy atom. The van der Waals surface area contributed by atoms with Crippen molar-refractivity contribution in [3.05, 3.63) is 29.8 Å². The first-order valence-corrected chi connectivity index (χ1v) is 7.43. The predicted molar refractivity (Wildman–Crippen MR) is 85.6 cm³/mol. The molecular weight excluding hydrogens is 280 g/mol. The Kier molecular flexibility index (Phi) is 4.97. The predicted octanol–water partition coefficient (Wildman–Crippen LogP) is 1.24. The maximum Gasteiger partial charge on any atom is 0.241 e. The van der Waals surface area contributed by atoms with Crippen LogP contribution in [0.3, 0.4) is 0 Å². The van der Waals surface area contributed by atoms with Crippen molar-refractivity contribution >= 4 is 11.6 Å². The van der Waals surface area contributed by atoms with Crippen LogP contribution in [0.15, 0.2) is 18.5 Å². The third kappa shape index (κ3) is 3.73. The summed E-state index contributed by atoms with van der Waals surface area (Å²) < 4.78 is 3.61. The molecule has 22 heavy (non-hydrogen) atoms. The zero-order valence-corrected chi connectivity index (χ0v) is 13.8. The third-order valence-corrected chi connectivity index (χ3v) is 3.71. The minimum absolute atomic E-state index is 0.0634. The molecule has 0 saturated carbocycles. The Labute approximate surface area is 130 Å². The summed E-state index contributed by atoms with van der Waals surface area (Å²) in [6.45, 7) is 8.44. The van der Waals surface area contributed by atoms with Gasteiger partial charge in [-0.3, -0.25) is 14.2 Å². The van der Waals surface area contributed by atoms with Gasteiger partial charge in [0.2, 0.25) is 5.91 Å². The molecule has 2 aromatic heterocycles. The van der Waals surface area contributed by atoms with Crippen LogP contribution in [0.5, 0.6) is 0 Å². The number of carbonyl (C=O) groups is 1. The van der Waals surface area contributed by atoms with Crippen LogP contribution in [0.1, 0.15) is 25.2 Å². The molecule has 2 rings (SSSR count). The number of hydrogen-bond donors (Lipinski definition) is 2. The van der Waals surface area contributed by atoms with Gasteiger partial charge in [0.15, 0.2) is 0 Å². The van der Waals surface area contributed by atoms with Gasteiger partial charge in [0, 0.05) is 25.5 Å². The fraction of sp³-hybridized carbons (Fsp3) is 0.533. The lowest BCUT2D eigenvalue weighted by atomic mass is 10.2. The van der Waals surface area contributed by atoms with Gasteiger partial charge < -0.3 is 10.6 Å². The molecule has 7 heteroatoms. The van der Waals surface area contributed by atoms with E-state index in [-0.39, 0.29) is 18.0 Å². The standard InChI is InChI=1S/C15H24N6O/c1-10(9-21-8-6-7-16-21)17-12(3)15(22)18-14-11(2)19-20(5)13(14)4/h6-8,10,12,17H,9H2,1-5H3,(H,18,22)/t10-,12-/m1/s1. The van der Waals surface area contributed by atoms with E-state index in [1.807, 2.05) is 51.7 Å². The molecule has 7 nitrogen and oxygen atoms in total. The molecule has 0 aliphatic carbocycles. The zero-order valence-electron chi connectivity index (χ0n) is 13.8. The van der Waals surface area contributed by atoms with E-state index in [9.17, 15) is 4.79 Å². The summed E-state index contributed by atoms with van der Waals surface area (Å²) in [7, 11) is 1.87. The second-order valence-electron chi connectivity index (χ2n) is 5.68. The van der Waals surface area contributed by atoms with Crippen molar-refractivity contribution in [3.63, 3.8) is 0 Å². The maximum atomic E-state index is 12.3. The molecule has 1 amide bonds. The molecule has 0 radical (unpaired) electrons. The monoisotopic (exact) mass is 304 g/mol. The molecule has 0 aromatic carbocycles. The summed E-state index contributed by atoms with van der Waals surface area (Å²) in [6.07, 6.45) is 3.65. The second-order valence-corrected chi connectivity index (χ2v) is 5.68. The number of rotatable bonds is 6. The lowest BCUT2D eigenvalue weighted by molar-refractivity contribution is -0.118. The smallest absolute Gasteiger partial charge is 0.241 e. The maximum absolute atomic E-state index is 12.3. The summed E-state index contributed by atoms with van der Waals surface area (Å²) in [5, 5.41) is 14.7. The average molecular weight is 304 g/mol. The molecular formula is C15H24N6O. The number of nitrogens with one attached hydrogen (secondary N) is 2. The number of carbonyl (C=O) groups excluding carboxylic acids is 1. The molecule has 0 spiro atoms. The van der Waals surface area contributed by atoms with Crippen LogP contribution in [0.4, 0.5) is 5.69 Å². The van der Waals surface area contributed by atoms with Crippen molar-refractivity contribution in [3.8, 4) is 0 Å². The summed E-state index contributed by atoms with van der Waals surface area (Å²) in [6, 6.07) is 1.72. The summed E-state index contributed by atoms with van der Waals surface area (Å²) in [5.74, 6) is -0.0634. The topological polar surface area (TPSA) is 76.8 Å². The van der Waals surface area contributed by atoms with Crippen molar-refractivity contribution in [2.45, 2.75) is 46.3 Å². The van der Waals surface area contributed by atoms with Crippen LogP contribution in [0.25, 0.3) is 0 Å². The molecule has 2 N–H and O–H groups in total. The minimum Gasteiger partial charge on any atom is -0.322 e. The van der Waals surface area contributed by atoms with Gasteiger partial charge in [-0.05, 0) is 33.8 Å². The molecule has 0 aliphatic heterocycles. The van der Waals surface area contributed by atoms with Crippen molar-refractivity contribution in [1.82, 2.24) is 24.9 Å². The van der Waals surface area contributed by atoms with E-state index in [2.05, 4.69) is 20.8 Å². The van der Waals surface area contributed by atoms with Gasteiger partial charge in [0.25, 0.3) is 0 Å². The minimum atomic E-state index is -0.301. The summed E-state index contributed by atoms with van der Waals surface area (Å²) in [4.78, 5) is 12.3. The van der Waals surface area contributed by atoms with Crippen molar-refractivity contribution in [2.24, 2.45) is 7.05 Å². The average Bonchev–Trinajstić information content (AvgIpc) is 3.02. The lowest BCUT2D eigenvalue weighted by Crippen LogP contribution is -2.44. The van der Waals surface area contributed by atoms with E-state index >= 15 is 0 Å². The highest BCUT2D eigenvalue weighted by Crippen LogP contribution is 2.18. The first-order chi connectivity index (χ1) is 10.4. The highest BCUT2D eigenvalue weighted by molar-refractivity contribution is 5.95. The highest BCUT2D eigenvalue weighted by Gasteiger charge is 2.19. The number of aryl methyl sites for hydroxylation is 2. The third-order valence-electron chi connectivity index (χ3n) is 3.71. The van der Waals surface area contributed by atoms with E-state index in [4.69, 9.17) is 0 Å². The Balaban J connectivity index is 1.91. The zero-order chi connectivity index (χ0) is 16.3. The van der Waals surface area contributed by atoms with E-state index < -0.39 is 0 Å². The molecule has 0 aliphatic rings. The molecule has 0 fully saturated rings. The SMILES string of the molecule is Cc1nn(C)c(C)c1NC(=O)[C@@H](C)N[C@H](C)Cn1cccn1. The normalized spacial score (nSPS) is 13.9. The van der Waals surface area contributed by atoms with Crippen molar-refractivity contribution < 1.29 is 4.79 Å². The molecule has 0 bridgehead atoms. The highest BCUT2D eigenvalue weighted by atomic mass is 16.2. The molecule has 120 valence electrons. The van der Waals surface area contributed by atoms with Crippen LogP contribution in [0.2, 0.25) is 0 Å². The van der Waals surface area contributed by atoms with Crippen LogP contribution < -0.4 is 10.6 Å². The Morgan fingerprint density at radius 3 is 2.64 bits per heavy atom. The lowest BCUT2D eigenvalue weighted by Gasteiger charge is -2.19. The number of amides is 1. The molecule has 2 aromatic rings. The quantitative estimate of drug-likeness (QED) is 0.842. The van der Waals surface area contributed by atoms with Gasteiger partial charge in [0.1, 0.15) is 0 Å². The molecule has 0 unspecified atom stereocenters. The number of aromatic nitrogens is 4. The van der Waals surface area contributed by atoms with Crippen LogP contribution in [-0.2, 0) is 18.4 Å². The van der Waals surface area contributed by atoms with E-state index in [1.165, 1.54) is 0 Å². The second kappa shape index (κ2) is 6.74. The summed E-state index contributed by atoms with van der Waals surface area (Å²) in [5.41, 5.74) is 2.56. The fourth-order valence-electron chi connectivity index (χ4n) is 2.43. The van der Waals surface area contributed by atoms with Crippen LogP contribution >= 0.6 is 0 Å². The Bertz CT molecular complexity index is 631. The van der Waals surface area contributed by atoms with Crippen molar-refractivity contribution in [1.29, 1.82) is 0 Å². The number of nitrogens with zero attached hydrogens (tertiary/aromatic N) is 4. The van der Waals surface area contributed by atoms with Crippen molar-refractivity contribution in [2.75, 3.05) is 5.32 Å². The molecule has 2 heterocycles. The Morgan fingerprint density at radius 2 is 2.09 bits per heavy atom.